The first kappa shape index (κ1) is 14.6. The lowest BCUT2D eigenvalue weighted by Crippen LogP contribution is -2.36. The standard InChI is InChI=1S/C11H19NO4/c1-5-16-10(15)6-9(14)12-7-8(13)11(2,3)4/h5-7H2,1-4H3,(H,12,14). The smallest absolute Gasteiger partial charge is 0.315 e. The average molecular weight is 229 g/mol. The van der Waals surface area contributed by atoms with Gasteiger partial charge in [0.2, 0.25) is 5.91 Å². The molecule has 92 valence electrons. The number of hydrogen-bond donors (Lipinski definition) is 1. The van der Waals surface area contributed by atoms with Crippen molar-refractivity contribution in [1.29, 1.82) is 0 Å². The van der Waals surface area contributed by atoms with Crippen molar-refractivity contribution in [1.82, 2.24) is 5.32 Å². The molecule has 0 aliphatic carbocycles. The Bertz CT molecular complexity index is 278. The second-order valence-corrected chi connectivity index (χ2v) is 4.43. The van der Waals surface area contributed by atoms with E-state index >= 15 is 0 Å². The third-order valence-electron chi connectivity index (χ3n) is 1.89. The Kier molecular flexibility index (Phi) is 5.71. The number of hydrogen-bond acceptors (Lipinski definition) is 4. The molecular weight excluding hydrogens is 210 g/mol. The van der Waals surface area contributed by atoms with E-state index in [0.29, 0.717) is 0 Å². The molecule has 0 aromatic heterocycles. The second kappa shape index (κ2) is 6.25. The highest BCUT2D eigenvalue weighted by molar-refractivity contribution is 5.96. The number of rotatable bonds is 5. The molecule has 5 nitrogen and oxygen atoms in total. The predicted molar refractivity (Wildman–Crippen MR) is 58.7 cm³/mol. The average Bonchev–Trinajstić information content (AvgIpc) is 2.12. The van der Waals surface area contributed by atoms with Gasteiger partial charge in [-0.15, -0.1) is 0 Å². The van der Waals surface area contributed by atoms with Gasteiger partial charge in [-0.3, -0.25) is 14.4 Å². The van der Waals surface area contributed by atoms with E-state index in [4.69, 9.17) is 0 Å². The normalized spacial score (nSPS) is 10.8. The zero-order chi connectivity index (χ0) is 12.8. The Hall–Kier alpha value is -1.39. The summed E-state index contributed by atoms with van der Waals surface area (Å²) in [4.78, 5) is 33.6. The van der Waals surface area contributed by atoms with Gasteiger partial charge < -0.3 is 10.1 Å². The zero-order valence-corrected chi connectivity index (χ0v) is 10.3. The van der Waals surface area contributed by atoms with Crippen LogP contribution in [0.2, 0.25) is 0 Å². The highest BCUT2D eigenvalue weighted by atomic mass is 16.5. The number of nitrogens with one attached hydrogen (secondary N) is 1. The van der Waals surface area contributed by atoms with Crippen molar-refractivity contribution in [2.24, 2.45) is 5.41 Å². The molecular formula is C11H19NO4. The fourth-order valence-electron chi connectivity index (χ4n) is 0.850. The molecule has 0 saturated heterocycles. The topological polar surface area (TPSA) is 72.5 Å². The van der Waals surface area contributed by atoms with Gasteiger partial charge in [0, 0.05) is 5.41 Å². The fraction of sp³-hybridized carbons (Fsp3) is 0.727. The second-order valence-electron chi connectivity index (χ2n) is 4.43. The highest BCUT2D eigenvalue weighted by Crippen LogP contribution is 2.13. The van der Waals surface area contributed by atoms with Gasteiger partial charge in [0.05, 0.1) is 13.2 Å². The molecule has 0 heterocycles. The summed E-state index contributed by atoms with van der Waals surface area (Å²) in [6.07, 6.45) is -0.342. The summed E-state index contributed by atoms with van der Waals surface area (Å²) in [5, 5.41) is 2.39. The maximum absolute atomic E-state index is 11.4. The fourth-order valence-corrected chi connectivity index (χ4v) is 0.850. The molecule has 0 fully saturated rings. The quantitative estimate of drug-likeness (QED) is 0.555. The molecule has 0 bridgehead atoms. The molecule has 0 aliphatic rings. The van der Waals surface area contributed by atoms with Gasteiger partial charge in [-0.05, 0) is 6.92 Å². The van der Waals surface area contributed by atoms with Crippen molar-refractivity contribution < 1.29 is 19.1 Å². The van der Waals surface area contributed by atoms with Gasteiger partial charge in [-0.1, -0.05) is 20.8 Å². The number of carbonyl (C=O) groups excluding carboxylic acids is 3. The van der Waals surface area contributed by atoms with Gasteiger partial charge in [-0.2, -0.15) is 0 Å². The molecule has 0 aromatic rings. The summed E-state index contributed by atoms with van der Waals surface area (Å²) in [5.74, 6) is -1.15. The van der Waals surface area contributed by atoms with Crippen molar-refractivity contribution >= 4 is 17.7 Å². The van der Waals surface area contributed by atoms with E-state index in [1.807, 2.05) is 0 Å². The lowest BCUT2D eigenvalue weighted by Gasteiger charge is -2.16. The molecule has 1 amide bonds. The summed E-state index contributed by atoms with van der Waals surface area (Å²) in [6, 6.07) is 0. The highest BCUT2D eigenvalue weighted by Gasteiger charge is 2.21. The van der Waals surface area contributed by atoms with Crippen LogP contribution < -0.4 is 5.32 Å². The largest absolute Gasteiger partial charge is 0.466 e. The zero-order valence-electron chi connectivity index (χ0n) is 10.3. The van der Waals surface area contributed by atoms with Crippen LogP contribution in [0.4, 0.5) is 0 Å². The predicted octanol–water partition coefficient (Wildman–Crippen LogP) is 0.671. The molecule has 16 heavy (non-hydrogen) atoms. The first-order valence-corrected chi connectivity index (χ1v) is 5.23. The van der Waals surface area contributed by atoms with E-state index in [9.17, 15) is 14.4 Å². The minimum absolute atomic E-state index is 0.0538. The molecule has 0 aliphatic heterocycles. The van der Waals surface area contributed by atoms with E-state index in [-0.39, 0.29) is 25.4 Å². The minimum atomic E-state index is -0.580. The number of esters is 1. The number of carbonyl (C=O) groups is 3. The first-order chi connectivity index (χ1) is 7.27. The summed E-state index contributed by atoms with van der Waals surface area (Å²) in [7, 11) is 0. The van der Waals surface area contributed by atoms with Crippen LogP contribution in [0.5, 0.6) is 0 Å². The third-order valence-corrected chi connectivity index (χ3v) is 1.89. The van der Waals surface area contributed by atoms with E-state index in [2.05, 4.69) is 10.1 Å². The Morgan fingerprint density at radius 1 is 1.19 bits per heavy atom. The van der Waals surface area contributed by atoms with Crippen LogP contribution in [0.25, 0.3) is 0 Å². The summed E-state index contributed by atoms with van der Waals surface area (Å²) >= 11 is 0. The van der Waals surface area contributed by atoms with E-state index < -0.39 is 17.3 Å². The number of Topliss-reactive ketones (excluding diaryl/α,β-unsaturated/α-hetero) is 1. The summed E-state index contributed by atoms with van der Waals surface area (Å²) in [6.45, 7) is 7.17. The van der Waals surface area contributed by atoms with Gasteiger partial charge in [0.15, 0.2) is 5.78 Å². The molecule has 5 heteroatoms. The van der Waals surface area contributed by atoms with Crippen molar-refractivity contribution in [2.75, 3.05) is 13.2 Å². The van der Waals surface area contributed by atoms with E-state index in [1.54, 1.807) is 27.7 Å². The van der Waals surface area contributed by atoms with Crippen LogP contribution in [0.3, 0.4) is 0 Å². The van der Waals surface area contributed by atoms with Crippen molar-refractivity contribution in [3.63, 3.8) is 0 Å². The van der Waals surface area contributed by atoms with Crippen LogP contribution in [0, 0.1) is 5.41 Å². The van der Waals surface area contributed by atoms with Crippen molar-refractivity contribution in [3.05, 3.63) is 0 Å². The maximum Gasteiger partial charge on any atom is 0.315 e. The van der Waals surface area contributed by atoms with Crippen LogP contribution in [-0.2, 0) is 19.1 Å². The van der Waals surface area contributed by atoms with E-state index in [0.717, 1.165) is 0 Å². The Labute approximate surface area is 95.5 Å². The van der Waals surface area contributed by atoms with Crippen molar-refractivity contribution in [3.8, 4) is 0 Å². The number of amides is 1. The summed E-state index contributed by atoms with van der Waals surface area (Å²) < 4.78 is 4.60. The molecule has 0 radical (unpaired) electrons. The lowest BCUT2D eigenvalue weighted by atomic mass is 9.91. The number of ketones is 1. The first-order valence-electron chi connectivity index (χ1n) is 5.23. The Morgan fingerprint density at radius 3 is 2.19 bits per heavy atom. The lowest BCUT2D eigenvalue weighted by molar-refractivity contribution is -0.146. The molecule has 0 unspecified atom stereocenters. The molecule has 0 saturated carbocycles. The van der Waals surface area contributed by atoms with Crippen LogP contribution in [-0.4, -0.2) is 30.8 Å². The molecule has 0 spiro atoms. The molecule has 0 rings (SSSR count). The van der Waals surface area contributed by atoms with Gasteiger partial charge >= 0.3 is 5.97 Å². The van der Waals surface area contributed by atoms with E-state index in [1.165, 1.54) is 0 Å². The summed E-state index contributed by atoms with van der Waals surface area (Å²) in [5.41, 5.74) is -0.489. The Morgan fingerprint density at radius 2 is 1.75 bits per heavy atom. The maximum atomic E-state index is 11.4. The van der Waals surface area contributed by atoms with Crippen molar-refractivity contribution in [2.45, 2.75) is 34.1 Å². The van der Waals surface area contributed by atoms with Crippen LogP contribution in [0.15, 0.2) is 0 Å². The molecule has 1 N–H and O–H groups in total. The van der Waals surface area contributed by atoms with Crippen LogP contribution in [0.1, 0.15) is 34.1 Å². The molecule has 0 aromatic carbocycles. The van der Waals surface area contributed by atoms with Crippen LogP contribution >= 0.6 is 0 Å². The number of ether oxygens (including phenoxy) is 1. The SMILES string of the molecule is CCOC(=O)CC(=O)NCC(=O)C(C)(C)C. The van der Waals surface area contributed by atoms with Gasteiger partial charge in [0.25, 0.3) is 0 Å². The molecule has 0 atom stereocenters. The third kappa shape index (κ3) is 6.16. The van der Waals surface area contributed by atoms with Gasteiger partial charge in [-0.25, -0.2) is 0 Å². The van der Waals surface area contributed by atoms with Gasteiger partial charge in [0.1, 0.15) is 6.42 Å². The minimum Gasteiger partial charge on any atom is -0.466 e. The monoisotopic (exact) mass is 229 g/mol. The Balaban J connectivity index is 3.91.